The number of benzene rings is 4. The van der Waals surface area contributed by atoms with Gasteiger partial charge in [0, 0.05) is 29.6 Å². The third-order valence-electron chi connectivity index (χ3n) is 10.9. The molecule has 2 aliphatic heterocycles. The summed E-state index contributed by atoms with van der Waals surface area (Å²) in [5, 5.41) is 12.2. The molecule has 0 spiro atoms. The molecule has 4 aromatic carbocycles. The quantitative estimate of drug-likeness (QED) is 0.187. The van der Waals surface area contributed by atoms with Crippen LogP contribution < -0.4 is 9.64 Å². The van der Waals surface area contributed by atoms with Crippen LogP contribution in [-0.2, 0) is 31.2 Å². The number of fused-ring (bicyclic) bond motifs is 4. The van der Waals surface area contributed by atoms with Crippen molar-refractivity contribution in [2.75, 3.05) is 11.9 Å². The van der Waals surface area contributed by atoms with Crippen LogP contribution in [0, 0.1) is 23.7 Å². The van der Waals surface area contributed by atoms with Crippen molar-refractivity contribution in [3.63, 3.8) is 0 Å². The van der Waals surface area contributed by atoms with E-state index in [2.05, 4.69) is 0 Å². The molecule has 9 heteroatoms. The molecular formula is C40H33ClN2O6. The topological polar surface area (TPSA) is 104 Å². The smallest absolute Gasteiger partial charge is 0.246 e. The Morgan fingerprint density at radius 3 is 2.29 bits per heavy atom. The van der Waals surface area contributed by atoms with Crippen LogP contribution >= 0.6 is 11.6 Å². The molecule has 1 N–H and O–H groups in total. The number of carbonyl (C=O) groups is 4. The summed E-state index contributed by atoms with van der Waals surface area (Å²) in [6.07, 6.45) is 2.48. The summed E-state index contributed by atoms with van der Waals surface area (Å²) in [4.78, 5) is 59.3. The van der Waals surface area contributed by atoms with Gasteiger partial charge in [0.1, 0.15) is 18.1 Å². The van der Waals surface area contributed by atoms with Gasteiger partial charge in [-0.1, -0.05) is 96.0 Å². The van der Waals surface area contributed by atoms with Gasteiger partial charge in [-0.3, -0.25) is 24.1 Å². The van der Waals surface area contributed by atoms with Gasteiger partial charge in [-0.15, -0.1) is 0 Å². The number of anilines is 1. The fourth-order valence-electron chi connectivity index (χ4n) is 8.84. The zero-order chi connectivity index (χ0) is 34.0. The third-order valence-corrected chi connectivity index (χ3v) is 11.2. The van der Waals surface area contributed by atoms with E-state index < -0.39 is 46.8 Å². The van der Waals surface area contributed by atoms with Crippen LogP contribution in [0.25, 0.3) is 0 Å². The summed E-state index contributed by atoms with van der Waals surface area (Å²) >= 11 is 6.37. The lowest BCUT2D eigenvalue weighted by Crippen LogP contribution is -2.53. The Morgan fingerprint density at radius 1 is 0.837 bits per heavy atom. The number of ether oxygens (including phenoxy) is 1. The SMILES string of the molecule is CN1C(=O)C2CC=C3C(CC4C(=O)N(c5cccc(Cl)c5)C(=O)C4(c4ccccc4)C3c3ccc(OCc4ccccc4)cc3O)C2C1=O. The molecule has 246 valence electrons. The van der Waals surface area contributed by atoms with Gasteiger partial charge in [0.25, 0.3) is 0 Å². The van der Waals surface area contributed by atoms with Crippen molar-refractivity contribution in [1.29, 1.82) is 0 Å². The maximum absolute atomic E-state index is 15.3. The second-order valence-corrected chi connectivity index (χ2v) is 13.8. The molecule has 0 radical (unpaired) electrons. The minimum atomic E-state index is -1.47. The van der Waals surface area contributed by atoms with Gasteiger partial charge >= 0.3 is 0 Å². The van der Waals surface area contributed by atoms with E-state index in [4.69, 9.17) is 16.3 Å². The fourth-order valence-corrected chi connectivity index (χ4v) is 9.03. The number of aromatic hydroxyl groups is 1. The molecule has 4 aromatic rings. The molecule has 4 amide bonds. The Morgan fingerprint density at radius 2 is 1.57 bits per heavy atom. The Bertz CT molecular complexity index is 2050. The number of phenols is 1. The number of hydrogen-bond donors (Lipinski definition) is 1. The van der Waals surface area contributed by atoms with Crippen LogP contribution in [0.3, 0.4) is 0 Å². The molecule has 3 fully saturated rings. The minimum absolute atomic E-state index is 0.0966. The Balaban J connectivity index is 1.33. The van der Waals surface area contributed by atoms with Gasteiger partial charge in [-0.2, -0.15) is 0 Å². The highest BCUT2D eigenvalue weighted by molar-refractivity contribution is 6.32. The molecule has 0 bridgehead atoms. The number of amides is 4. The molecule has 2 heterocycles. The number of imide groups is 2. The maximum atomic E-state index is 15.3. The number of nitrogens with zero attached hydrogens (tertiary/aromatic N) is 2. The van der Waals surface area contributed by atoms with E-state index in [0.717, 1.165) is 11.1 Å². The van der Waals surface area contributed by atoms with Crippen molar-refractivity contribution in [3.8, 4) is 11.5 Å². The zero-order valence-electron chi connectivity index (χ0n) is 26.7. The van der Waals surface area contributed by atoms with Crippen molar-refractivity contribution < 1.29 is 29.0 Å². The van der Waals surface area contributed by atoms with E-state index in [1.807, 2.05) is 66.7 Å². The average Bonchev–Trinajstić information content (AvgIpc) is 3.48. The number of halogens is 1. The van der Waals surface area contributed by atoms with E-state index in [0.29, 0.717) is 40.6 Å². The number of rotatable bonds is 6. The zero-order valence-corrected chi connectivity index (χ0v) is 27.4. The van der Waals surface area contributed by atoms with Crippen LogP contribution in [0.1, 0.15) is 35.4 Å². The van der Waals surface area contributed by atoms with E-state index in [-0.39, 0.29) is 24.0 Å². The molecule has 8 nitrogen and oxygen atoms in total. The first-order valence-electron chi connectivity index (χ1n) is 16.4. The monoisotopic (exact) mass is 672 g/mol. The molecule has 2 saturated heterocycles. The summed E-state index contributed by atoms with van der Waals surface area (Å²) in [7, 11) is 1.50. The van der Waals surface area contributed by atoms with Crippen LogP contribution in [-0.4, -0.2) is 40.7 Å². The molecule has 2 aliphatic carbocycles. The standard InChI is InChI=1S/C40H33ClN2O6/c1-42-36(45)30-18-17-28-31(34(30)38(42)47)21-32-37(46)43(26-14-8-13-25(41)19-26)39(48)40(32,24-11-6-3-7-12-24)35(28)29-16-15-27(20-33(29)44)49-22-23-9-4-2-5-10-23/h2-17,19-20,30-32,34-35,44H,18,21-22H2,1H3. The van der Waals surface area contributed by atoms with Gasteiger partial charge in [0.05, 0.1) is 28.9 Å². The van der Waals surface area contributed by atoms with E-state index in [1.165, 1.54) is 22.9 Å². The molecule has 1 saturated carbocycles. The number of likely N-dealkylation sites (tertiary alicyclic amines) is 1. The Labute approximate surface area is 288 Å². The third kappa shape index (κ3) is 4.65. The molecule has 0 aromatic heterocycles. The summed E-state index contributed by atoms with van der Waals surface area (Å²) in [5.41, 5.74) is 1.68. The lowest BCUT2D eigenvalue weighted by molar-refractivity contribution is -0.138. The molecular weight excluding hydrogens is 640 g/mol. The largest absolute Gasteiger partial charge is 0.508 e. The maximum Gasteiger partial charge on any atom is 0.246 e. The number of carbonyl (C=O) groups excluding carboxylic acids is 4. The van der Waals surface area contributed by atoms with Crippen molar-refractivity contribution in [3.05, 3.63) is 136 Å². The van der Waals surface area contributed by atoms with E-state index in [1.54, 1.807) is 36.4 Å². The van der Waals surface area contributed by atoms with Gasteiger partial charge in [-0.05, 0) is 54.2 Å². The van der Waals surface area contributed by atoms with E-state index >= 15 is 4.79 Å². The van der Waals surface area contributed by atoms with Crippen molar-refractivity contribution >= 4 is 40.9 Å². The first kappa shape index (κ1) is 31.1. The van der Waals surface area contributed by atoms with Crippen molar-refractivity contribution in [2.45, 2.75) is 30.8 Å². The van der Waals surface area contributed by atoms with Gasteiger partial charge in [0.2, 0.25) is 23.6 Å². The first-order valence-corrected chi connectivity index (χ1v) is 16.8. The van der Waals surface area contributed by atoms with Crippen LogP contribution in [0.4, 0.5) is 5.69 Å². The molecule has 6 atom stereocenters. The molecule has 4 aliphatic rings. The predicted octanol–water partition coefficient (Wildman–Crippen LogP) is 6.42. The van der Waals surface area contributed by atoms with Gasteiger partial charge in [0.15, 0.2) is 0 Å². The fraction of sp³-hybridized carbons (Fsp3) is 0.250. The summed E-state index contributed by atoms with van der Waals surface area (Å²) in [6, 6.07) is 30.6. The highest BCUT2D eigenvalue weighted by Gasteiger charge is 2.70. The van der Waals surface area contributed by atoms with Gasteiger partial charge in [-0.25, -0.2) is 4.90 Å². The van der Waals surface area contributed by atoms with Crippen molar-refractivity contribution in [2.24, 2.45) is 23.7 Å². The highest BCUT2D eigenvalue weighted by Crippen LogP contribution is 2.65. The van der Waals surface area contributed by atoms with Crippen LogP contribution in [0.5, 0.6) is 11.5 Å². The summed E-state index contributed by atoms with van der Waals surface area (Å²) in [5.74, 6) is -4.49. The minimum Gasteiger partial charge on any atom is -0.508 e. The predicted molar refractivity (Wildman–Crippen MR) is 183 cm³/mol. The van der Waals surface area contributed by atoms with E-state index in [9.17, 15) is 19.5 Å². The highest BCUT2D eigenvalue weighted by atomic mass is 35.5. The normalized spacial score (nSPS) is 27.5. The van der Waals surface area contributed by atoms with Crippen LogP contribution in [0.2, 0.25) is 5.02 Å². The number of phenolic OH excluding ortho intramolecular Hbond substituents is 1. The summed E-state index contributed by atoms with van der Waals surface area (Å²) < 4.78 is 6.03. The van der Waals surface area contributed by atoms with Crippen LogP contribution in [0.15, 0.2) is 115 Å². The molecule has 6 unspecified atom stereocenters. The van der Waals surface area contributed by atoms with Gasteiger partial charge < -0.3 is 9.84 Å². The Hall–Kier alpha value is -5.21. The Kier molecular flexibility index (Phi) is 7.45. The average molecular weight is 673 g/mol. The lowest BCUT2D eigenvalue weighted by Gasteiger charge is -2.50. The first-order chi connectivity index (χ1) is 23.7. The second kappa shape index (κ2) is 11.7. The number of hydrogen-bond acceptors (Lipinski definition) is 6. The lowest BCUT2D eigenvalue weighted by atomic mass is 9.49. The number of allylic oxidation sites excluding steroid dienone is 2. The molecule has 8 rings (SSSR count). The molecule has 49 heavy (non-hydrogen) atoms. The van der Waals surface area contributed by atoms with Crippen molar-refractivity contribution in [1.82, 2.24) is 4.90 Å². The summed E-state index contributed by atoms with van der Waals surface area (Å²) in [6.45, 7) is 0.292. The second-order valence-electron chi connectivity index (χ2n) is 13.3.